The Bertz CT molecular complexity index is 172. The highest BCUT2D eigenvalue weighted by molar-refractivity contribution is 4.94. The third-order valence-corrected chi connectivity index (χ3v) is 2.93. The molecule has 0 aromatic heterocycles. The lowest BCUT2D eigenvalue weighted by Crippen LogP contribution is -2.21. The van der Waals surface area contributed by atoms with Gasteiger partial charge in [-0.25, -0.2) is 0 Å². The molecular formula is C12H22O. The van der Waals surface area contributed by atoms with Gasteiger partial charge in [-0.05, 0) is 44.6 Å². The van der Waals surface area contributed by atoms with Gasteiger partial charge in [-0.2, -0.15) is 0 Å². The molecule has 13 heavy (non-hydrogen) atoms. The second kappa shape index (κ2) is 5.31. The molecule has 0 aromatic carbocycles. The summed E-state index contributed by atoms with van der Waals surface area (Å²) >= 11 is 0. The fourth-order valence-electron chi connectivity index (χ4n) is 2.12. The van der Waals surface area contributed by atoms with Gasteiger partial charge in [-0.1, -0.05) is 20.3 Å². The Balaban J connectivity index is 2.55. The number of hydrogen-bond donors (Lipinski definition) is 0. The summed E-state index contributed by atoms with van der Waals surface area (Å²) in [5, 5.41) is 0. The Hall–Kier alpha value is -0.460. The lowest BCUT2D eigenvalue weighted by atomic mass is 9.92. The first kappa shape index (κ1) is 10.6. The third-order valence-electron chi connectivity index (χ3n) is 2.93. The van der Waals surface area contributed by atoms with Crippen LogP contribution in [0.2, 0.25) is 0 Å². The van der Waals surface area contributed by atoms with E-state index < -0.39 is 0 Å². The maximum Gasteiger partial charge on any atom is 0.101 e. The van der Waals surface area contributed by atoms with Gasteiger partial charge in [0.2, 0.25) is 0 Å². The zero-order valence-electron chi connectivity index (χ0n) is 9.18. The minimum absolute atomic E-state index is 0.480. The van der Waals surface area contributed by atoms with Crippen molar-refractivity contribution in [3.63, 3.8) is 0 Å². The SMILES string of the molecule is CCCC1OC(C)=CCCC1CC. The van der Waals surface area contributed by atoms with Crippen molar-refractivity contribution < 1.29 is 4.74 Å². The first-order valence-electron chi connectivity index (χ1n) is 5.61. The summed E-state index contributed by atoms with van der Waals surface area (Å²) in [5.41, 5.74) is 0. The molecule has 1 aliphatic heterocycles. The van der Waals surface area contributed by atoms with Crippen LogP contribution in [0.5, 0.6) is 0 Å². The summed E-state index contributed by atoms with van der Waals surface area (Å²) in [6.45, 7) is 6.60. The summed E-state index contributed by atoms with van der Waals surface area (Å²) in [5.74, 6) is 1.91. The average Bonchev–Trinajstić information content (AvgIpc) is 2.28. The molecule has 0 spiro atoms. The van der Waals surface area contributed by atoms with Crippen molar-refractivity contribution in [3.05, 3.63) is 11.8 Å². The molecular weight excluding hydrogens is 160 g/mol. The van der Waals surface area contributed by atoms with Gasteiger partial charge in [0.25, 0.3) is 0 Å². The molecule has 0 bridgehead atoms. The van der Waals surface area contributed by atoms with E-state index in [0.29, 0.717) is 6.10 Å². The molecule has 0 aromatic rings. The van der Waals surface area contributed by atoms with Crippen molar-refractivity contribution in [3.8, 4) is 0 Å². The molecule has 0 saturated heterocycles. The van der Waals surface area contributed by atoms with Crippen molar-refractivity contribution in [2.45, 2.75) is 59.0 Å². The predicted octanol–water partition coefficient (Wildman–Crippen LogP) is 3.90. The van der Waals surface area contributed by atoms with Crippen LogP contribution in [-0.2, 0) is 4.74 Å². The first-order chi connectivity index (χ1) is 6.27. The van der Waals surface area contributed by atoms with Crippen molar-refractivity contribution >= 4 is 0 Å². The van der Waals surface area contributed by atoms with E-state index in [-0.39, 0.29) is 0 Å². The van der Waals surface area contributed by atoms with E-state index in [0.717, 1.165) is 11.7 Å². The lowest BCUT2D eigenvalue weighted by molar-refractivity contribution is 0.0588. The van der Waals surface area contributed by atoms with Gasteiger partial charge in [0.15, 0.2) is 0 Å². The van der Waals surface area contributed by atoms with Gasteiger partial charge in [0.1, 0.15) is 6.10 Å². The van der Waals surface area contributed by atoms with E-state index in [9.17, 15) is 0 Å². The monoisotopic (exact) mass is 182 g/mol. The van der Waals surface area contributed by atoms with E-state index in [1.807, 2.05) is 0 Å². The molecule has 0 saturated carbocycles. The maximum atomic E-state index is 5.92. The van der Waals surface area contributed by atoms with Crippen molar-refractivity contribution in [2.24, 2.45) is 5.92 Å². The lowest BCUT2D eigenvalue weighted by Gasteiger charge is -2.24. The summed E-state index contributed by atoms with van der Waals surface area (Å²) < 4.78 is 5.92. The summed E-state index contributed by atoms with van der Waals surface area (Å²) in [7, 11) is 0. The third kappa shape index (κ3) is 3.06. The molecule has 0 fully saturated rings. The molecule has 1 rings (SSSR count). The van der Waals surface area contributed by atoms with Crippen LogP contribution in [0.1, 0.15) is 52.9 Å². The van der Waals surface area contributed by atoms with Crippen LogP contribution >= 0.6 is 0 Å². The largest absolute Gasteiger partial charge is 0.495 e. The smallest absolute Gasteiger partial charge is 0.101 e. The van der Waals surface area contributed by atoms with E-state index in [2.05, 4.69) is 26.8 Å². The highest BCUT2D eigenvalue weighted by Crippen LogP contribution is 2.27. The quantitative estimate of drug-likeness (QED) is 0.643. The van der Waals surface area contributed by atoms with Gasteiger partial charge in [0, 0.05) is 0 Å². The first-order valence-corrected chi connectivity index (χ1v) is 5.61. The van der Waals surface area contributed by atoms with E-state index in [1.54, 1.807) is 0 Å². The molecule has 1 aliphatic rings. The minimum atomic E-state index is 0.480. The van der Waals surface area contributed by atoms with Gasteiger partial charge >= 0.3 is 0 Å². The average molecular weight is 182 g/mol. The summed E-state index contributed by atoms with van der Waals surface area (Å²) in [4.78, 5) is 0. The fourth-order valence-corrected chi connectivity index (χ4v) is 2.12. The Morgan fingerprint density at radius 1 is 1.46 bits per heavy atom. The van der Waals surface area contributed by atoms with E-state index in [1.165, 1.54) is 32.1 Å². The molecule has 0 N–H and O–H groups in total. The molecule has 1 nitrogen and oxygen atoms in total. The standard InChI is InChI=1S/C12H22O/c1-4-7-12-11(5-2)9-6-8-10(3)13-12/h8,11-12H,4-7,9H2,1-3H3. The zero-order chi connectivity index (χ0) is 9.68. The van der Waals surface area contributed by atoms with Crippen LogP contribution < -0.4 is 0 Å². The van der Waals surface area contributed by atoms with Crippen molar-refractivity contribution in [1.82, 2.24) is 0 Å². The zero-order valence-corrected chi connectivity index (χ0v) is 9.18. The highest BCUT2D eigenvalue weighted by atomic mass is 16.5. The molecule has 2 unspecified atom stereocenters. The molecule has 1 heteroatoms. The van der Waals surface area contributed by atoms with Gasteiger partial charge in [-0.3, -0.25) is 0 Å². The van der Waals surface area contributed by atoms with E-state index in [4.69, 9.17) is 4.74 Å². The Labute approximate surface area is 82.2 Å². The molecule has 0 amide bonds. The molecule has 1 heterocycles. The van der Waals surface area contributed by atoms with Crippen LogP contribution in [-0.4, -0.2) is 6.10 Å². The van der Waals surface area contributed by atoms with Gasteiger partial charge in [-0.15, -0.1) is 0 Å². The maximum absolute atomic E-state index is 5.92. The van der Waals surface area contributed by atoms with Crippen LogP contribution in [0.4, 0.5) is 0 Å². The van der Waals surface area contributed by atoms with Crippen LogP contribution in [0.3, 0.4) is 0 Å². The fraction of sp³-hybridized carbons (Fsp3) is 0.833. The van der Waals surface area contributed by atoms with Crippen LogP contribution in [0.15, 0.2) is 11.8 Å². The Kier molecular flexibility index (Phi) is 4.34. The molecule has 2 atom stereocenters. The molecule has 76 valence electrons. The summed E-state index contributed by atoms with van der Waals surface area (Å²) in [6, 6.07) is 0. The second-order valence-corrected chi connectivity index (χ2v) is 4.01. The number of ether oxygens (including phenoxy) is 1. The normalized spacial score (nSPS) is 29.0. The van der Waals surface area contributed by atoms with E-state index >= 15 is 0 Å². The van der Waals surface area contributed by atoms with Crippen LogP contribution in [0.25, 0.3) is 0 Å². The topological polar surface area (TPSA) is 9.23 Å². The van der Waals surface area contributed by atoms with Gasteiger partial charge < -0.3 is 4.74 Å². The van der Waals surface area contributed by atoms with Crippen LogP contribution in [0, 0.1) is 5.92 Å². The Morgan fingerprint density at radius 3 is 2.85 bits per heavy atom. The second-order valence-electron chi connectivity index (χ2n) is 4.01. The molecule has 0 radical (unpaired) electrons. The molecule has 0 aliphatic carbocycles. The van der Waals surface area contributed by atoms with Crippen molar-refractivity contribution in [2.75, 3.05) is 0 Å². The Morgan fingerprint density at radius 2 is 2.23 bits per heavy atom. The number of hydrogen-bond acceptors (Lipinski definition) is 1. The number of rotatable bonds is 3. The predicted molar refractivity (Wildman–Crippen MR) is 56.6 cm³/mol. The summed E-state index contributed by atoms with van der Waals surface area (Å²) in [6.07, 6.45) is 8.92. The highest BCUT2D eigenvalue weighted by Gasteiger charge is 2.22. The number of allylic oxidation sites excluding steroid dienone is 2. The van der Waals surface area contributed by atoms with Gasteiger partial charge in [0.05, 0.1) is 5.76 Å². The minimum Gasteiger partial charge on any atom is -0.495 e. The van der Waals surface area contributed by atoms with Crippen molar-refractivity contribution in [1.29, 1.82) is 0 Å².